The van der Waals surface area contributed by atoms with Crippen LogP contribution in [0.4, 0.5) is 0 Å². The maximum atomic E-state index is 11.3. The standard InChI is InChI=1S/C12H22N2O2/c1-3-5-6-9(4-2)8-13-10-7-11(15)14-12(10)16/h9-10,13H,3-8H2,1-2H3,(H,14,15,16). The van der Waals surface area contributed by atoms with Crippen molar-refractivity contribution in [2.75, 3.05) is 6.54 Å². The number of hydrogen-bond donors (Lipinski definition) is 2. The Morgan fingerprint density at radius 2 is 2.19 bits per heavy atom. The zero-order chi connectivity index (χ0) is 12.0. The van der Waals surface area contributed by atoms with E-state index in [1.165, 1.54) is 19.3 Å². The molecule has 0 aliphatic carbocycles. The normalized spacial score (nSPS) is 22.2. The van der Waals surface area contributed by atoms with Crippen LogP contribution in [0.1, 0.15) is 46.0 Å². The summed E-state index contributed by atoms with van der Waals surface area (Å²) in [6.07, 6.45) is 5.05. The molecule has 2 unspecified atom stereocenters. The summed E-state index contributed by atoms with van der Waals surface area (Å²) in [5.41, 5.74) is 0. The smallest absolute Gasteiger partial charge is 0.244 e. The van der Waals surface area contributed by atoms with E-state index < -0.39 is 0 Å². The Balaban J connectivity index is 2.26. The van der Waals surface area contributed by atoms with Crippen LogP contribution in [0.5, 0.6) is 0 Å². The van der Waals surface area contributed by atoms with Gasteiger partial charge in [0.05, 0.1) is 12.5 Å². The first-order chi connectivity index (χ1) is 7.67. The maximum Gasteiger partial charge on any atom is 0.244 e. The van der Waals surface area contributed by atoms with Crippen LogP contribution in [-0.4, -0.2) is 24.4 Å². The molecule has 4 heteroatoms. The van der Waals surface area contributed by atoms with E-state index >= 15 is 0 Å². The van der Waals surface area contributed by atoms with Gasteiger partial charge in [0.25, 0.3) is 0 Å². The Bertz CT molecular complexity index is 253. The number of rotatable bonds is 7. The predicted octanol–water partition coefficient (Wildman–Crippen LogP) is 1.21. The number of carbonyl (C=O) groups is 2. The Morgan fingerprint density at radius 1 is 1.44 bits per heavy atom. The van der Waals surface area contributed by atoms with Gasteiger partial charge in [-0.1, -0.05) is 33.1 Å². The van der Waals surface area contributed by atoms with Gasteiger partial charge in [0, 0.05) is 0 Å². The summed E-state index contributed by atoms with van der Waals surface area (Å²) < 4.78 is 0. The average molecular weight is 226 g/mol. The molecule has 0 saturated carbocycles. The molecule has 1 heterocycles. The van der Waals surface area contributed by atoms with Crippen molar-refractivity contribution >= 4 is 11.8 Å². The molecule has 0 aromatic rings. The minimum atomic E-state index is -0.303. The van der Waals surface area contributed by atoms with E-state index in [4.69, 9.17) is 0 Å². The summed E-state index contributed by atoms with van der Waals surface area (Å²) in [6, 6.07) is -0.303. The lowest BCUT2D eigenvalue weighted by Crippen LogP contribution is -2.38. The SMILES string of the molecule is CCCCC(CC)CNC1CC(=O)NC1=O. The number of carbonyl (C=O) groups excluding carboxylic acids is 2. The molecule has 1 saturated heterocycles. The number of amides is 2. The van der Waals surface area contributed by atoms with E-state index in [2.05, 4.69) is 24.5 Å². The van der Waals surface area contributed by atoms with E-state index in [0.29, 0.717) is 12.3 Å². The second kappa shape index (κ2) is 6.63. The molecule has 2 atom stereocenters. The fourth-order valence-electron chi connectivity index (χ4n) is 1.97. The van der Waals surface area contributed by atoms with E-state index in [1.54, 1.807) is 0 Å². The maximum absolute atomic E-state index is 11.3. The molecule has 1 aliphatic heterocycles. The highest BCUT2D eigenvalue weighted by Gasteiger charge is 2.30. The summed E-state index contributed by atoms with van der Waals surface area (Å²) in [5.74, 6) is 0.280. The third-order valence-electron chi connectivity index (χ3n) is 3.16. The minimum absolute atomic E-state index is 0.163. The van der Waals surface area contributed by atoms with Crippen LogP contribution < -0.4 is 10.6 Å². The Hall–Kier alpha value is -0.900. The fraction of sp³-hybridized carbons (Fsp3) is 0.833. The van der Waals surface area contributed by atoms with Crippen LogP contribution in [0, 0.1) is 5.92 Å². The third kappa shape index (κ3) is 3.93. The summed E-state index contributed by atoms with van der Waals surface area (Å²) in [4.78, 5) is 22.3. The van der Waals surface area contributed by atoms with Crippen molar-refractivity contribution in [3.05, 3.63) is 0 Å². The summed E-state index contributed by atoms with van der Waals surface area (Å²) in [7, 11) is 0. The molecule has 1 fully saturated rings. The van der Waals surface area contributed by atoms with Gasteiger partial charge in [-0.2, -0.15) is 0 Å². The van der Waals surface area contributed by atoms with Gasteiger partial charge in [-0.05, 0) is 18.9 Å². The van der Waals surface area contributed by atoms with Crippen molar-refractivity contribution in [1.29, 1.82) is 0 Å². The summed E-state index contributed by atoms with van der Waals surface area (Å²) >= 11 is 0. The molecule has 2 amide bonds. The molecule has 0 bridgehead atoms. The Morgan fingerprint density at radius 3 is 2.69 bits per heavy atom. The second-order valence-electron chi connectivity index (χ2n) is 4.49. The van der Waals surface area contributed by atoms with Gasteiger partial charge >= 0.3 is 0 Å². The van der Waals surface area contributed by atoms with Crippen LogP contribution in [0.2, 0.25) is 0 Å². The van der Waals surface area contributed by atoms with E-state index in [9.17, 15) is 9.59 Å². The molecule has 0 aromatic carbocycles. The second-order valence-corrected chi connectivity index (χ2v) is 4.49. The van der Waals surface area contributed by atoms with Crippen molar-refractivity contribution in [2.45, 2.75) is 52.0 Å². The van der Waals surface area contributed by atoms with Gasteiger partial charge in [0.15, 0.2) is 0 Å². The van der Waals surface area contributed by atoms with Gasteiger partial charge in [0.1, 0.15) is 0 Å². The number of imide groups is 1. The predicted molar refractivity (Wildman–Crippen MR) is 62.9 cm³/mol. The van der Waals surface area contributed by atoms with Gasteiger partial charge in [0.2, 0.25) is 11.8 Å². The molecule has 0 aromatic heterocycles. The highest BCUT2D eigenvalue weighted by Crippen LogP contribution is 2.12. The van der Waals surface area contributed by atoms with E-state index in [-0.39, 0.29) is 17.9 Å². The van der Waals surface area contributed by atoms with E-state index in [0.717, 1.165) is 13.0 Å². The van der Waals surface area contributed by atoms with Gasteiger partial charge < -0.3 is 5.32 Å². The lowest BCUT2D eigenvalue weighted by Gasteiger charge is -2.17. The fourth-order valence-corrected chi connectivity index (χ4v) is 1.97. The lowest BCUT2D eigenvalue weighted by atomic mass is 9.99. The van der Waals surface area contributed by atoms with Crippen LogP contribution in [0.3, 0.4) is 0 Å². The minimum Gasteiger partial charge on any atom is -0.305 e. The molecule has 1 aliphatic rings. The molecular weight excluding hydrogens is 204 g/mol. The van der Waals surface area contributed by atoms with Crippen molar-refractivity contribution < 1.29 is 9.59 Å². The first-order valence-electron chi connectivity index (χ1n) is 6.24. The third-order valence-corrected chi connectivity index (χ3v) is 3.16. The first-order valence-corrected chi connectivity index (χ1v) is 6.24. The number of unbranched alkanes of at least 4 members (excludes halogenated alkanes) is 1. The van der Waals surface area contributed by atoms with Crippen LogP contribution in [-0.2, 0) is 9.59 Å². The topological polar surface area (TPSA) is 58.2 Å². The van der Waals surface area contributed by atoms with Gasteiger partial charge in [-0.15, -0.1) is 0 Å². The number of nitrogens with one attached hydrogen (secondary N) is 2. The van der Waals surface area contributed by atoms with Crippen molar-refractivity contribution in [1.82, 2.24) is 10.6 Å². The molecule has 0 spiro atoms. The van der Waals surface area contributed by atoms with Crippen molar-refractivity contribution in [2.24, 2.45) is 5.92 Å². The molecular formula is C12H22N2O2. The van der Waals surface area contributed by atoms with Gasteiger partial charge in [-0.3, -0.25) is 14.9 Å². The largest absolute Gasteiger partial charge is 0.305 e. The molecule has 1 rings (SSSR count). The van der Waals surface area contributed by atoms with E-state index in [1.807, 2.05) is 0 Å². The monoisotopic (exact) mass is 226 g/mol. The lowest BCUT2D eigenvalue weighted by molar-refractivity contribution is -0.125. The summed E-state index contributed by atoms with van der Waals surface area (Å²) in [6.45, 7) is 5.19. The Labute approximate surface area is 97.2 Å². The zero-order valence-electron chi connectivity index (χ0n) is 10.2. The van der Waals surface area contributed by atoms with Crippen LogP contribution in [0.15, 0.2) is 0 Å². The number of hydrogen-bond acceptors (Lipinski definition) is 3. The van der Waals surface area contributed by atoms with Gasteiger partial charge in [-0.25, -0.2) is 0 Å². The molecule has 2 N–H and O–H groups in total. The van der Waals surface area contributed by atoms with Crippen LogP contribution >= 0.6 is 0 Å². The first kappa shape index (κ1) is 13.2. The summed E-state index contributed by atoms with van der Waals surface area (Å²) in [5, 5.41) is 5.50. The highest BCUT2D eigenvalue weighted by molar-refractivity contribution is 6.05. The average Bonchev–Trinajstić information content (AvgIpc) is 2.58. The Kier molecular flexibility index (Phi) is 5.46. The quantitative estimate of drug-likeness (QED) is 0.641. The molecule has 4 nitrogen and oxygen atoms in total. The molecule has 16 heavy (non-hydrogen) atoms. The highest BCUT2D eigenvalue weighted by atomic mass is 16.2. The molecule has 0 radical (unpaired) electrons. The molecule has 92 valence electrons. The zero-order valence-corrected chi connectivity index (χ0v) is 10.2. The van der Waals surface area contributed by atoms with Crippen LogP contribution in [0.25, 0.3) is 0 Å². The van der Waals surface area contributed by atoms with Crippen molar-refractivity contribution in [3.63, 3.8) is 0 Å². The van der Waals surface area contributed by atoms with Crippen molar-refractivity contribution in [3.8, 4) is 0 Å².